The number of para-hydroxylation sites is 1. The second-order valence-electron chi connectivity index (χ2n) is 9.07. The highest BCUT2D eigenvalue weighted by Gasteiger charge is 2.34. The Hall–Kier alpha value is -3.35. The molecule has 2 saturated heterocycles. The summed E-state index contributed by atoms with van der Waals surface area (Å²) < 4.78 is 5.67. The number of nitrogens with one attached hydrogen (secondary N) is 1. The van der Waals surface area contributed by atoms with E-state index < -0.39 is 0 Å². The Balaban J connectivity index is 1.34. The molecular weight excluding hydrogens is 430 g/mol. The summed E-state index contributed by atoms with van der Waals surface area (Å²) in [4.78, 5) is 41.4. The average Bonchev–Trinajstić information content (AvgIpc) is 3.30. The quantitative estimate of drug-likeness (QED) is 0.580. The molecule has 0 radical (unpaired) electrons. The maximum Gasteiger partial charge on any atom is 0.260 e. The fourth-order valence-electron chi connectivity index (χ4n) is 4.78. The van der Waals surface area contributed by atoms with Crippen molar-refractivity contribution in [2.75, 3.05) is 39.3 Å². The van der Waals surface area contributed by atoms with Crippen molar-refractivity contribution >= 4 is 17.7 Å². The molecule has 0 bridgehead atoms. The predicted molar refractivity (Wildman–Crippen MR) is 129 cm³/mol. The normalized spacial score (nSPS) is 20.3. The summed E-state index contributed by atoms with van der Waals surface area (Å²) in [5.41, 5.74) is 1.13. The summed E-state index contributed by atoms with van der Waals surface area (Å²) in [5.74, 6) is 0.515. The van der Waals surface area contributed by atoms with Crippen LogP contribution in [0.15, 0.2) is 60.7 Å². The zero-order valence-electron chi connectivity index (χ0n) is 19.5. The van der Waals surface area contributed by atoms with E-state index in [4.69, 9.17) is 4.74 Å². The Bertz CT molecular complexity index is 966. The molecule has 4 rings (SSSR count). The number of carbonyl (C=O) groups excluding carboxylic acids is 3. The van der Waals surface area contributed by atoms with Crippen molar-refractivity contribution in [1.29, 1.82) is 0 Å². The molecule has 1 N–H and O–H groups in total. The first kappa shape index (κ1) is 23.8. The molecule has 0 aliphatic carbocycles. The molecule has 0 spiro atoms. The summed E-state index contributed by atoms with van der Waals surface area (Å²) in [6.07, 6.45) is 2.99. The molecule has 2 atom stereocenters. The second-order valence-corrected chi connectivity index (χ2v) is 9.07. The van der Waals surface area contributed by atoms with Crippen LogP contribution in [0, 0.1) is 5.92 Å². The van der Waals surface area contributed by atoms with Gasteiger partial charge in [-0.1, -0.05) is 48.5 Å². The van der Waals surface area contributed by atoms with Crippen LogP contribution < -0.4 is 10.1 Å². The Morgan fingerprint density at radius 2 is 1.74 bits per heavy atom. The number of hydrogen-bond acceptors (Lipinski definition) is 4. The number of nitrogens with zero attached hydrogens (tertiary/aromatic N) is 2. The minimum Gasteiger partial charge on any atom is -0.484 e. The van der Waals surface area contributed by atoms with Gasteiger partial charge >= 0.3 is 0 Å². The molecule has 2 fully saturated rings. The third-order valence-corrected chi connectivity index (χ3v) is 6.63. The van der Waals surface area contributed by atoms with E-state index in [0.717, 1.165) is 24.9 Å². The number of ether oxygens (including phenoxy) is 1. The topological polar surface area (TPSA) is 79.0 Å². The van der Waals surface area contributed by atoms with Crippen LogP contribution in [0.1, 0.15) is 37.2 Å². The Morgan fingerprint density at radius 1 is 1.00 bits per heavy atom. The van der Waals surface area contributed by atoms with Crippen molar-refractivity contribution < 1.29 is 19.1 Å². The largest absolute Gasteiger partial charge is 0.484 e. The molecule has 34 heavy (non-hydrogen) atoms. The molecule has 180 valence electrons. The molecule has 7 nitrogen and oxygen atoms in total. The van der Waals surface area contributed by atoms with Gasteiger partial charge in [-0.2, -0.15) is 0 Å². The van der Waals surface area contributed by atoms with Gasteiger partial charge in [-0.25, -0.2) is 0 Å². The first-order chi connectivity index (χ1) is 16.6. The average molecular weight is 464 g/mol. The van der Waals surface area contributed by atoms with Gasteiger partial charge in [0.05, 0.1) is 5.92 Å². The predicted octanol–water partition coefficient (Wildman–Crippen LogP) is 2.83. The molecule has 2 aromatic carbocycles. The molecule has 2 aromatic rings. The number of amides is 3. The maximum atomic E-state index is 13.0. The van der Waals surface area contributed by atoms with Crippen LogP contribution in [0.3, 0.4) is 0 Å². The van der Waals surface area contributed by atoms with E-state index in [1.807, 2.05) is 53.4 Å². The molecule has 0 aromatic heterocycles. The molecule has 2 aliphatic rings. The third kappa shape index (κ3) is 6.37. The van der Waals surface area contributed by atoms with Gasteiger partial charge < -0.3 is 19.9 Å². The minimum atomic E-state index is -0.284. The molecule has 2 heterocycles. The van der Waals surface area contributed by atoms with Crippen LogP contribution in [-0.4, -0.2) is 66.9 Å². The van der Waals surface area contributed by atoms with Crippen molar-refractivity contribution in [3.8, 4) is 5.75 Å². The number of likely N-dealkylation sites (tertiary alicyclic amines) is 2. The van der Waals surface area contributed by atoms with Crippen molar-refractivity contribution in [2.24, 2.45) is 5.92 Å². The standard InChI is InChI=1S/C27H33N3O4/c31-25-13-7-15-29(25)16-8-14-28-27(33)23-17-22(21-9-3-1-4-10-21)18-30(19-23)26(32)20-34-24-11-5-2-6-12-24/h1-6,9-12,22-23H,7-8,13-20H2,(H,28,33). The highest BCUT2D eigenvalue weighted by atomic mass is 16.5. The van der Waals surface area contributed by atoms with Crippen molar-refractivity contribution in [1.82, 2.24) is 15.1 Å². The van der Waals surface area contributed by atoms with Gasteiger partial charge in [0.15, 0.2) is 6.61 Å². The number of carbonyl (C=O) groups is 3. The maximum absolute atomic E-state index is 13.0. The minimum absolute atomic E-state index is 0.0323. The number of benzene rings is 2. The Labute approximate surface area is 201 Å². The van der Waals surface area contributed by atoms with Crippen molar-refractivity contribution in [3.63, 3.8) is 0 Å². The van der Waals surface area contributed by atoms with Crippen LogP contribution in [-0.2, 0) is 14.4 Å². The highest BCUT2D eigenvalue weighted by Crippen LogP contribution is 2.30. The lowest BCUT2D eigenvalue weighted by atomic mass is 9.84. The summed E-state index contributed by atoms with van der Waals surface area (Å²) >= 11 is 0. The fraction of sp³-hybridized carbons (Fsp3) is 0.444. The molecule has 2 aliphatic heterocycles. The second kappa shape index (κ2) is 11.7. The van der Waals surface area contributed by atoms with E-state index >= 15 is 0 Å². The van der Waals surface area contributed by atoms with E-state index in [1.54, 1.807) is 4.90 Å². The lowest BCUT2D eigenvalue weighted by Crippen LogP contribution is -2.49. The fourth-order valence-corrected chi connectivity index (χ4v) is 4.78. The summed E-state index contributed by atoms with van der Waals surface area (Å²) in [6.45, 7) is 2.93. The van der Waals surface area contributed by atoms with E-state index in [2.05, 4.69) is 17.4 Å². The van der Waals surface area contributed by atoms with Crippen LogP contribution in [0.25, 0.3) is 0 Å². The highest BCUT2D eigenvalue weighted by molar-refractivity contribution is 5.82. The van der Waals surface area contributed by atoms with Gasteiger partial charge in [-0.3, -0.25) is 14.4 Å². The summed E-state index contributed by atoms with van der Waals surface area (Å²) in [6, 6.07) is 19.3. The van der Waals surface area contributed by atoms with Crippen LogP contribution in [0.2, 0.25) is 0 Å². The van der Waals surface area contributed by atoms with Gasteiger partial charge in [-0.15, -0.1) is 0 Å². The molecule has 3 amide bonds. The zero-order chi connectivity index (χ0) is 23.8. The lowest BCUT2D eigenvalue weighted by molar-refractivity contribution is -0.138. The van der Waals surface area contributed by atoms with Gasteiger partial charge in [0, 0.05) is 45.1 Å². The Kier molecular flexibility index (Phi) is 8.17. The van der Waals surface area contributed by atoms with Crippen molar-refractivity contribution in [2.45, 2.75) is 31.6 Å². The van der Waals surface area contributed by atoms with Crippen LogP contribution in [0.4, 0.5) is 0 Å². The van der Waals surface area contributed by atoms with Crippen LogP contribution >= 0.6 is 0 Å². The lowest BCUT2D eigenvalue weighted by Gasteiger charge is -2.37. The molecule has 2 unspecified atom stereocenters. The van der Waals surface area contributed by atoms with Crippen molar-refractivity contribution in [3.05, 3.63) is 66.2 Å². The molecular formula is C27H33N3O4. The van der Waals surface area contributed by atoms with E-state index in [-0.39, 0.29) is 36.2 Å². The van der Waals surface area contributed by atoms with Gasteiger partial charge in [0.2, 0.25) is 11.8 Å². The van der Waals surface area contributed by atoms with Gasteiger partial charge in [0.1, 0.15) is 5.75 Å². The smallest absolute Gasteiger partial charge is 0.260 e. The SMILES string of the molecule is O=C(NCCCN1CCCC1=O)C1CC(c2ccccc2)CN(C(=O)COc2ccccc2)C1. The number of piperidine rings is 1. The van der Waals surface area contributed by atoms with E-state index in [9.17, 15) is 14.4 Å². The summed E-state index contributed by atoms with van der Waals surface area (Å²) in [5, 5.41) is 3.03. The first-order valence-electron chi connectivity index (χ1n) is 12.2. The van der Waals surface area contributed by atoms with E-state index in [1.165, 1.54) is 0 Å². The van der Waals surface area contributed by atoms with E-state index in [0.29, 0.717) is 44.8 Å². The zero-order valence-corrected chi connectivity index (χ0v) is 19.5. The molecule has 0 saturated carbocycles. The van der Waals surface area contributed by atoms with Gasteiger partial charge in [-0.05, 0) is 37.0 Å². The summed E-state index contributed by atoms with van der Waals surface area (Å²) in [7, 11) is 0. The molecule has 7 heteroatoms. The van der Waals surface area contributed by atoms with Crippen LogP contribution in [0.5, 0.6) is 5.75 Å². The Morgan fingerprint density at radius 3 is 2.44 bits per heavy atom. The number of rotatable bonds is 9. The monoisotopic (exact) mass is 463 g/mol. The van der Waals surface area contributed by atoms with Gasteiger partial charge in [0.25, 0.3) is 5.91 Å². The third-order valence-electron chi connectivity index (χ3n) is 6.63. The number of hydrogen-bond donors (Lipinski definition) is 1. The first-order valence-corrected chi connectivity index (χ1v) is 12.2.